The number of aromatic nitrogens is 2. The monoisotopic (exact) mass is 516 g/mol. The van der Waals surface area contributed by atoms with Gasteiger partial charge < -0.3 is 23.8 Å². The number of nitrogens with zero attached hydrogens (tertiary/aromatic N) is 4. The zero-order chi connectivity index (χ0) is 25.5. The Hall–Kier alpha value is -2.58. The third-order valence-corrected chi connectivity index (χ3v) is 7.31. The van der Waals surface area contributed by atoms with E-state index >= 15 is 0 Å². The second-order valence-electron chi connectivity index (χ2n) is 10.2. The van der Waals surface area contributed by atoms with Gasteiger partial charge in [0.05, 0.1) is 19.8 Å². The highest BCUT2D eigenvalue weighted by molar-refractivity contribution is 6.30. The van der Waals surface area contributed by atoms with Gasteiger partial charge in [0.1, 0.15) is 11.6 Å². The number of ether oxygens (including phenoxy) is 2. The van der Waals surface area contributed by atoms with Crippen molar-refractivity contribution in [3.8, 4) is 5.75 Å². The number of piperidine rings is 1. The Morgan fingerprint density at radius 2 is 1.97 bits per heavy atom. The normalized spacial score (nSPS) is 20.6. The van der Waals surface area contributed by atoms with Crippen molar-refractivity contribution in [1.29, 1.82) is 0 Å². The summed E-state index contributed by atoms with van der Waals surface area (Å²) in [4.78, 5) is 34.8. The lowest BCUT2D eigenvalue weighted by Crippen LogP contribution is -2.52. The van der Waals surface area contributed by atoms with Gasteiger partial charge in [-0.2, -0.15) is 0 Å². The molecule has 0 N–H and O–H groups in total. The van der Waals surface area contributed by atoms with Crippen LogP contribution in [0.1, 0.15) is 51.3 Å². The quantitative estimate of drug-likeness (QED) is 0.503. The molecule has 0 saturated carbocycles. The maximum absolute atomic E-state index is 13.3. The number of amides is 2. The first-order chi connectivity index (χ1) is 17.3. The molecule has 3 heterocycles. The number of aryl methyl sites for hydroxylation is 1. The van der Waals surface area contributed by atoms with Crippen molar-refractivity contribution in [2.24, 2.45) is 5.41 Å². The van der Waals surface area contributed by atoms with Crippen molar-refractivity contribution in [3.63, 3.8) is 0 Å². The van der Waals surface area contributed by atoms with E-state index in [0.717, 1.165) is 18.7 Å². The highest BCUT2D eigenvalue weighted by atomic mass is 35.5. The van der Waals surface area contributed by atoms with Gasteiger partial charge in [0, 0.05) is 74.3 Å². The van der Waals surface area contributed by atoms with Crippen molar-refractivity contribution in [2.75, 3.05) is 46.0 Å². The molecule has 0 spiro atoms. The summed E-state index contributed by atoms with van der Waals surface area (Å²) in [5, 5.41) is 0.603. The van der Waals surface area contributed by atoms with E-state index in [1.165, 1.54) is 0 Å². The zero-order valence-corrected chi connectivity index (χ0v) is 22.1. The van der Waals surface area contributed by atoms with E-state index in [2.05, 4.69) is 23.4 Å². The molecule has 0 unspecified atom stereocenters. The average Bonchev–Trinajstić information content (AvgIpc) is 3.36. The standard InChI is InChI=1S/C27H37ClN4O4/c1-21(2)26-29-9-12-31(26)11-7-24(33)32-10-4-8-27(19-32,18-25(34)30-13-15-35-16-14-30)20-36-23-6-3-5-22(28)17-23/h3,5-6,9,12,17,21H,4,7-8,10-11,13-16,18-20H2,1-2H3/t27-/m0/s1. The molecule has 4 rings (SSSR count). The van der Waals surface area contributed by atoms with E-state index in [1.54, 1.807) is 18.3 Å². The van der Waals surface area contributed by atoms with Crippen LogP contribution in [0, 0.1) is 5.41 Å². The van der Waals surface area contributed by atoms with Gasteiger partial charge in [-0.15, -0.1) is 0 Å². The highest BCUT2D eigenvalue weighted by Crippen LogP contribution is 2.36. The molecule has 196 valence electrons. The number of hydrogen-bond acceptors (Lipinski definition) is 5. The average molecular weight is 517 g/mol. The molecule has 1 aromatic carbocycles. The maximum Gasteiger partial charge on any atom is 0.224 e. The molecule has 1 atom stereocenters. The van der Waals surface area contributed by atoms with Crippen LogP contribution in [-0.4, -0.2) is 77.2 Å². The van der Waals surface area contributed by atoms with Gasteiger partial charge in [0.25, 0.3) is 0 Å². The first kappa shape index (κ1) is 26.5. The van der Waals surface area contributed by atoms with Gasteiger partial charge in [-0.25, -0.2) is 4.98 Å². The Balaban J connectivity index is 1.45. The number of rotatable bonds is 9. The Bertz CT molecular complexity index is 1040. The molecule has 2 aromatic rings. The van der Waals surface area contributed by atoms with Crippen LogP contribution in [0.5, 0.6) is 5.75 Å². The van der Waals surface area contributed by atoms with Gasteiger partial charge in [-0.3, -0.25) is 9.59 Å². The summed E-state index contributed by atoms with van der Waals surface area (Å²) in [6.45, 7) is 8.70. The summed E-state index contributed by atoms with van der Waals surface area (Å²) < 4.78 is 13.7. The minimum Gasteiger partial charge on any atom is -0.493 e. The van der Waals surface area contributed by atoms with Crippen LogP contribution in [0.2, 0.25) is 5.02 Å². The third-order valence-electron chi connectivity index (χ3n) is 7.08. The number of carbonyl (C=O) groups is 2. The summed E-state index contributed by atoms with van der Waals surface area (Å²) in [5.74, 6) is 2.16. The second-order valence-corrected chi connectivity index (χ2v) is 10.7. The summed E-state index contributed by atoms with van der Waals surface area (Å²) in [5.41, 5.74) is -0.455. The Morgan fingerprint density at radius 1 is 1.17 bits per heavy atom. The van der Waals surface area contributed by atoms with Crippen molar-refractivity contribution in [3.05, 3.63) is 47.5 Å². The molecule has 0 aliphatic carbocycles. The lowest BCUT2D eigenvalue weighted by atomic mass is 9.77. The number of hydrogen-bond donors (Lipinski definition) is 0. The number of benzene rings is 1. The molecule has 0 radical (unpaired) electrons. The van der Waals surface area contributed by atoms with Crippen LogP contribution < -0.4 is 4.74 Å². The van der Waals surface area contributed by atoms with Crippen LogP contribution in [0.3, 0.4) is 0 Å². The number of imidazole rings is 1. The number of likely N-dealkylation sites (tertiary alicyclic amines) is 1. The number of carbonyl (C=O) groups excluding carboxylic acids is 2. The predicted octanol–water partition coefficient (Wildman–Crippen LogP) is 3.99. The lowest BCUT2D eigenvalue weighted by molar-refractivity contribution is -0.144. The van der Waals surface area contributed by atoms with Crippen LogP contribution >= 0.6 is 11.6 Å². The molecule has 2 aliphatic heterocycles. The first-order valence-electron chi connectivity index (χ1n) is 12.9. The molecule has 8 nitrogen and oxygen atoms in total. The lowest BCUT2D eigenvalue weighted by Gasteiger charge is -2.43. The second kappa shape index (κ2) is 12.1. The summed E-state index contributed by atoms with van der Waals surface area (Å²) in [6, 6.07) is 7.30. The molecule has 2 saturated heterocycles. The maximum atomic E-state index is 13.3. The SMILES string of the molecule is CC(C)c1nccn1CCC(=O)N1CCC[C@](COc2cccc(Cl)c2)(CC(=O)N2CCOCC2)C1. The first-order valence-corrected chi connectivity index (χ1v) is 13.3. The molecule has 2 amide bonds. The van der Waals surface area contributed by atoms with Crippen molar-refractivity contribution < 1.29 is 19.1 Å². The van der Waals surface area contributed by atoms with Crippen LogP contribution in [0.4, 0.5) is 0 Å². The van der Waals surface area contributed by atoms with Crippen LogP contribution in [-0.2, 0) is 20.9 Å². The van der Waals surface area contributed by atoms with E-state index < -0.39 is 5.41 Å². The molecular weight excluding hydrogens is 480 g/mol. The third kappa shape index (κ3) is 6.79. The summed E-state index contributed by atoms with van der Waals surface area (Å²) in [7, 11) is 0. The predicted molar refractivity (Wildman–Crippen MR) is 138 cm³/mol. The van der Waals surface area contributed by atoms with Gasteiger partial charge in [-0.1, -0.05) is 31.5 Å². The van der Waals surface area contributed by atoms with Gasteiger partial charge in [0.2, 0.25) is 11.8 Å². The van der Waals surface area contributed by atoms with Crippen molar-refractivity contribution >= 4 is 23.4 Å². The van der Waals surface area contributed by atoms with Crippen molar-refractivity contribution in [2.45, 2.75) is 52.0 Å². The molecule has 2 aliphatic rings. The molecular formula is C27H37ClN4O4. The fraction of sp³-hybridized carbons (Fsp3) is 0.593. The minimum absolute atomic E-state index is 0.0993. The fourth-order valence-electron chi connectivity index (χ4n) is 5.16. The number of halogens is 1. The van der Waals surface area contributed by atoms with Crippen LogP contribution in [0.25, 0.3) is 0 Å². The van der Waals surface area contributed by atoms with Crippen molar-refractivity contribution in [1.82, 2.24) is 19.4 Å². The van der Waals surface area contributed by atoms with E-state index in [4.69, 9.17) is 21.1 Å². The smallest absolute Gasteiger partial charge is 0.224 e. The van der Waals surface area contributed by atoms with E-state index in [-0.39, 0.29) is 11.8 Å². The Morgan fingerprint density at radius 3 is 2.72 bits per heavy atom. The summed E-state index contributed by atoms with van der Waals surface area (Å²) in [6.07, 6.45) is 6.13. The fourth-order valence-corrected chi connectivity index (χ4v) is 5.34. The Labute approximate surface area is 218 Å². The van der Waals surface area contributed by atoms with E-state index in [9.17, 15) is 9.59 Å². The minimum atomic E-state index is -0.455. The van der Waals surface area contributed by atoms with E-state index in [1.807, 2.05) is 28.1 Å². The topological polar surface area (TPSA) is 76.9 Å². The van der Waals surface area contributed by atoms with Gasteiger partial charge in [0.15, 0.2) is 0 Å². The molecule has 0 bridgehead atoms. The Kier molecular flexibility index (Phi) is 8.90. The van der Waals surface area contributed by atoms with Gasteiger partial charge >= 0.3 is 0 Å². The highest BCUT2D eigenvalue weighted by Gasteiger charge is 2.41. The zero-order valence-electron chi connectivity index (χ0n) is 21.3. The molecule has 1 aromatic heterocycles. The van der Waals surface area contributed by atoms with E-state index in [0.29, 0.717) is 82.1 Å². The van der Waals surface area contributed by atoms with Gasteiger partial charge in [-0.05, 0) is 31.0 Å². The summed E-state index contributed by atoms with van der Waals surface area (Å²) >= 11 is 6.15. The largest absolute Gasteiger partial charge is 0.493 e. The molecule has 36 heavy (non-hydrogen) atoms. The van der Waals surface area contributed by atoms with Crippen LogP contribution in [0.15, 0.2) is 36.7 Å². The molecule has 9 heteroatoms. The molecule has 2 fully saturated rings. The number of morpholine rings is 1.